The number of aromatic amines is 1. The molecule has 0 aliphatic carbocycles. The van der Waals surface area contributed by atoms with E-state index in [1.807, 2.05) is 79.0 Å². The molecule has 0 amide bonds. The van der Waals surface area contributed by atoms with Crippen LogP contribution in [0.4, 0.5) is 5.69 Å². The summed E-state index contributed by atoms with van der Waals surface area (Å²) in [5, 5.41) is 5.16. The molecule has 126 valence electrons. The third kappa shape index (κ3) is 1.98. The first-order valence-electron chi connectivity index (χ1n) is 8.45. The molecular weight excluding hydrogens is 344 g/mol. The second-order valence-electron chi connectivity index (χ2n) is 6.51. The van der Waals surface area contributed by atoms with Gasteiger partial charge in [-0.1, -0.05) is 60.1 Å². The largest absolute Gasteiger partial charge is 0.365 e. The highest BCUT2D eigenvalue weighted by atomic mass is 35.5. The first kappa shape index (κ1) is 15.2. The number of ketones is 1. The number of Topliss-reactive ketones (excluding diaryl/α,β-unsaturated/α-hetero) is 1. The molecule has 2 N–H and O–H groups in total. The average molecular weight is 359 g/mol. The quantitative estimate of drug-likeness (QED) is 0.505. The molecule has 4 aromatic rings. The first-order chi connectivity index (χ1) is 12.7. The van der Waals surface area contributed by atoms with Crippen molar-refractivity contribution in [3.8, 4) is 0 Å². The molecule has 1 atom stereocenters. The predicted octanol–water partition coefficient (Wildman–Crippen LogP) is 5.37. The number of rotatable bonds is 2. The van der Waals surface area contributed by atoms with Crippen LogP contribution in [0.2, 0.25) is 5.02 Å². The van der Waals surface area contributed by atoms with Crippen LogP contribution in [0.25, 0.3) is 10.9 Å². The maximum Gasteiger partial charge on any atom is 0.199 e. The number of aromatic nitrogens is 1. The summed E-state index contributed by atoms with van der Waals surface area (Å²) < 4.78 is 0. The van der Waals surface area contributed by atoms with Crippen LogP contribution in [0.15, 0.2) is 79.0 Å². The Balaban J connectivity index is 1.83. The van der Waals surface area contributed by atoms with Crippen molar-refractivity contribution in [3.05, 3.63) is 101 Å². The average Bonchev–Trinajstić information content (AvgIpc) is 3.22. The summed E-state index contributed by atoms with van der Waals surface area (Å²) in [4.78, 5) is 16.9. The molecule has 0 bridgehead atoms. The van der Waals surface area contributed by atoms with E-state index in [0.717, 1.165) is 27.7 Å². The fourth-order valence-corrected chi connectivity index (χ4v) is 4.07. The Kier molecular flexibility index (Phi) is 3.21. The van der Waals surface area contributed by atoms with Crippen LogP contribution < -0.4 is 5.32 Å². The van der Waals surface area contributed by atoms with E-state index in [-0.39, 0.29) is 5.78 Å². The second-order valence-corrected chi connectivity index (χ2v) is 6.94. The molecule has 0 fully saturated rings. The van der Waals surface area contributed by atoms with Crippen molar-refractivity contribution in [1.82, 2.24) is 4.98 Å². The van der Waals surface area contributed by atoms with E-state index in [0.29, 0.717) is 10.6 Å². The van der Waals surface area contributed by atoms with Crippen molar-refractivity contribution in [1.29, 1.82) is 0 Å². The molecule has 1 unspecified atom stereocenters. The Labute approximate surface area is 155 Å². The van der Waals surface area contributed by atoms with E-state index in [1.54, 1.807) is 0 Å². The monoisotopic (exact) mass is 358 g/mol. The summed E-state index contributed by atoms with van der Waals surface area (Å²) in [6.45, 7) is 0. The second kappa shape index (κ2) is 5.48. The van der Waals surface area contributed by atoms with Crippen LogP contribution in [0, 0.1) is 0 Å². The van der Waals surface area contributed by atoms with Crippen molar-refractivity contribution in [2.24, 2.45) is 0 Å². The molecule has 0 saturated carbocycles. The molecule has 1 aliphatic rings. The van der Waals surface area contributed by atoms with Gasteiger partial charge in [0.2, 0.25) is 0 Å². The van der Waals surface area contributed by atoms with E-state index >= 15 is 0 Å². The topological polar surface area (TPSA) is 44.9 Å². The van der Waals surface area contributed by atoms with Crippen molar-refractivity contribution < 1.29 is 4.79 Å². The minimum absolute atomic E-state index is 0.0511. The highest BCUT2D eigenvalue weighted by Crippen LogP contribution is 2.46. The molecule has 1 aliphatic heterocycles. The van der Waals surface area contributed by atoms with Crippen molar-refractivity contribution in [3.63, 3.8) is 0 Å². The van der Waals surface area contributed by atoms with Gasteiger partial charge in [-0.25, -0.2) is 0 Å². The molecule has 4 heteroatoms. The van der Waals surface area contributed by atoms with E-state index in [2.05, 4.69) is 10.3 Å². The number of anilines is 1. The number of nitrogens with one attached hydrogen (secondary N) is 2. The number of carbonyl (C=O) groups excluding carboxylic acids is 1. The molecule has 26 heavy (non-hydrogen) atoms. The van der Waals surface area contributed by atoms with Crippen molar-refractivity contribution in [2.45, 2.75) is 5.54 Å². The summed E-state index contributed by atoms with van der Waals surface area (Å²) in [6.07, 6.45) is 1.91. The van der Waals surface area contributed by atoms with Crippen LogP contribution in [0.1, 0.15) is 21.5 Å². The zero-order valence-corrected chi connectivity index (χ0v) is 14.5. The summed E-state index contributed by atoms with van der Waals surface area (Å²) in [5.41, 5.74) is 3.32. The van der Waals surface area contributed by atoms with Crippen LogP contribution in [-0.4, -0.2) is 10.8 Å². The molecule has 1 aromatic heterocycles. The summed E-state index contributed by atoms with van der Waals surface area (Å²) in [6, 6.07) is 23.2. The Bertz CT molecular complexity index is 1150. The third-order valence-corrected chi connectivity index (χ3v) is 5.32. The lowest BCUT2D eigenvalue weighted by Crippen LogP contribution is -2.39. The lowest BCUT2D eigenvalue weighted by atomic mass is 9.79. The highest BCUT2D eigenvalue weighted by molar-refractivity contribution is 6.31. The Morgan fingerprint density at radius 1 is 0.885 bits per heavy atom. The van der Waals surface area contributed by atoms with Crippen molar-refractivity contribution >= 4 is 34.0 Å². The molecule has 2 heterocycles. The number of benzene rings is 3. The Morgan fingerprint density at radius 3 is 2.46 bits per heavy atom. The van der Waals surface area contributed by atoms with Gasteiger partial charge in [0.05, 0.1) is 0 Å². The van der Waals surface area contributed by atoms with E-state index in [9.17, 15) is 4.79 Å². The van der Waals surface area contributed by atoms with Gasteiger partial charge in [-0.15, -0.1) is 0 Å². The van der Waals surface area contributed by atoms with Gasteiger partial charge in [-0.3, -0.25) is 4.79 Å². The fourth-order valence-electron chi connectivity index (χ4n) is 3.90. The number of halogens is 1. The summed E-state index contributed by atoms with van der Waals surface area (Å²) in [5.74, 6) is 0.0511. The van der Waals surface area contributed by atoms with Gasteiger partial charge in [0, 0.05) is 38.9 Å². The number of H-pyrrole nitrogens is 1. The van der Waals surface area contributed by atoms with Crippen LogP contribution >= 0.6 is 11.6 Å². The standard InChI is InChI=1S/C22H15ClN2O/c23-15-10-11-16-18(13-24-20(16)12-15)22(14-6-2-1-3-7-14)21(26)17-8-4-5-9-19(17)25-22/h1-13,24-25H. The number of carbonyl (C=O) groups is 1. The molecule has 3 aromatic carbocycles. The maximum absolute atomic E-state index is 13.6. The molecule has 5 rings (SSSR count). The predicted molar refractivity (Wildman–Crippen MR) is 105 cm³/mol. The van der Waals surface area contributed by atoms with Gasteiger partial charge >= 0.3 is 0 Å². The molecule has 0 radical (unpaired) electrons. The lowest BCUT2D eigenvalue weighted by Gasteiger charge is -2.29. The minimum atomic E-state index is -0.961. The summed E-state index contributed by atoms with van der Waals surface area (Å²) in [7, 11) is 0. The zero-order valence-electron chi connectivity index (χ0n) is 13.8. The molecular formula is C22H15ClN2O. The van der Waals surface area contributed by atoms with Gasteiger partial charge in [0.15, 0.2) is 11.3 Å². The molecule has 3 nitrogen and oxygen atoms in total. The summed E-state index contributed by atoms with van der Waals surface area (Å²) >= 11 is 6.14. The first-order valence-corrected chi connectivity index (χ1v) is 8.82. The fraction of sp³-hybridized carbons (Fsp3) is 0.0455. The molecule has 0 spiro atoms. The normalized spacial score (nSPS) is 18.7. The minimum Gasteiger partial charge on any atom is -0.365 e. The highest BCUT2D eigenvalue weighted by Gasteiger charge is 2.49. The van der Waals surface area contributed by atoms with Gasteiger partial charge in [-0.05, 0) is 29.8 Å². The van der Waals surface area contributed by atoms with Gasteiger partial charge in [0.1, 0.15) is 0 Å². The van der Waals surface area contributed by atoms with Gasteiger partial charge < -0.3 is 10.3 Å². The van der Waals surface area contributed by atoms with Crippen molar-refractivity contribution in [2.75, 3.05) is 5.32 Å². The van der Waals surface area contributed by atoms with Gasteiger partial charge in [-0.2, -0.15) is 0 Å². The zero-order chi connectivity index (χ0) is 17.7. The SMILES string of the molecule is O=C1c2ccccc2NC1(c1ccccc1)c1c[nH]c2cc(Cl)ccc12. The van der Waals surface area contributed by atoms with Crippen LogP contribution in [0.5, 0.6) is 0 Å². The number of hydrogen-bond donors (Lipinski definition) is 2. The van der Waals surface area contributed by atoms with Crippen LogP contribution in [0.3, 0.4) is 0 Å². The van der Waals surface area contributed by atoms with Gasteiger partial charge in [0.25, 0.3) is 0 Å². The number of hydrogen-bond acceptors (Lipinski definition) is 2. The number of fused-ring (bicyclic) bond motifs is 2. The van der Waals surface area contributed by atoms with E-state index in [4.69, 9.17) is 11.6 Å². The maximum atomic E-state index is 13.6. The van der Waals surface area contributed by atoms with E-state index < -0.39 is 5.54 Å². The van der Waals surface area contributed by atoms with E-state index in [1.165, 1.54) is 0 Å². The number of para-hydroxylation sites is 1. The lowest BCUT2D eigenvalue weighted by molar-refractivity contribution is 0.0941. The third-order valence-electron chi connectivity index (χ3n) is 5.09. The molecule has 0 saturated heterocycles. The Morgan fingerprint density at radius 2 is 1.65 bits per heavy atom. The smallest absolute Gasteiger partial charge is 0.199 e. The van der Waals surface area contributed by atoms with Crippen LogP contribution in [-0.2, 0) is 5.54 Å². The Hall–Kier alpha value is -3.04.